The van der Waals surface area contributed by atoms with Gasteiger partial charge in [-0.25, -0.2) is 13.2 Å². The molecule has 3 atom stereocenters. The van der Waals surface area contributed by atoms with Gasteiger partial charge in [0.2, 0.25) is 0 Å². The van der Waals surface area contributed by atoms with Crippen molar-refractivity contribution < 1.29 is 23.2 Å². The third kappa shape index (κ3) is 3.09. The minimum Gasteiger partial charge on any atom is -0.332 e. The highest BCUT2D eigenvalue weighted by Crippen LogP contribution is 2.33. The Kier molecular flexibility index (Phi) is 4.11. The van der Waals surface area contributed by atoms with Crippen LogP contribution in [0.5, 0.6) is 0 Å². The summed E-state index contributed by atoms with van der Waals surface area (Å²) in [7, 11) is -3.37. The van der Waals surface area contributed by atoms with Gasteiger partial charge in [0.15, 0.2) is 9.84 Å². The summed E-state index contributed by atoms with van der Waals surface area (Å²) in [5, 5.41) is 11.4. The van der Waals surface area contributed by atoms with E-state index in [0.717, 1.165) is 5.56 Å². The van der Waals surface area contributed by atoms with Gasteiger partial charge in [0.05, 0.1) is 16.9 Å². The van der Waals surface area contributed by atoms with Gasteiger partial charge in [0.25, 0.3) is 5.91 Å². The van der Waals surface area contributed by atoms with E-state index in [2.05, 4.69) is 5.32 Å². The molecule has 1 aliphatic carbocycles. The zero-order valence-corrected chi connectivity index (χ0v) is 13.2. The molecule has 3 unspecified atom stereocenters. The van der Waals surface area contributed by atoms with E-state index in [9.17, 15) is 23.2 Å². The van der Waals surface area contributed by atoms with Crippen molar-refractivity contribution in [2.24, 2.45) is 5.92 Å². The van der Waals surface area contributed by atoms with E-state index in [1.165, 1.54) is 0 Å². The first-order valence-electron chi connectivity index (χ1n) is 7.47. The number of carbonyl (C=O) groups excluding carboxylic acids is 2. The molecule has 2 N–H and O–H groups in total. The zero-order chi connectivity index (χ0) is 16.6. The van der Waals surface area contributed by atoms with Crippen molar-refractivity contribution in [3.63, 3.8) is 0 Å². The van der Waals surface area contributed by atoms with Crippen molar-refractivity contribution in [3.8, 4) is 0 Å². The quantitative estimate of drug-likeness (QED) is 0.803. The van der Waals surface area contributed by atoms with Gasteiger partial charge in [-0.05, 0) is 24.8 Å². The van der Waals surface area contributed by atoms with Crippen molar-refractivity contribution in [1.82, 2.24) is 10.4 Å². The van der Waals surface area contributed by atoms with Gasteiger partial charge in [-0.3, -0.25) is 10.0 Å². The Labute approximate surface area is 134 Å². The Morgan fingerprint density at radius 2 is 1.87 bits per heavy atom. The van der Waals surface area contributed by atoms with Gasteiger partial charge in [-0.2, -0.15) is 0 Å². The van der Waals surface area contributed by atoms with Crippen LogP contribution in [0.2, 0.25) is 0 Å². The van der Waals surface area contributed by atoms with Crippen LogP contribution in [0.1, 0.15) is 24.8 Å². The van der Waals surface area contributed by atoms with E-state index in [-0.39, 0.29) is 17.2 Å². The lowest BCUT2D eigenvalue weighted by atomic mass is 9.82. The molecule has 23 heavy (non-hydrogen) atoms. The molecule has 7 nitrogen and oxygen atoms in total. The summed E-state index contributed by atoms with van der Waals surface area (Å²) >= 11 is 0. The van der Waals surface area contributed by atoms with Gasteiger partial charge in [0, 0.05) is 6.04 Å². The number of hydrogen-bond acceptors (Lipinski definition) is 5. The number of benzene rings is 1. The first-order chi connectivity index (χ1) is 10.9. The molecule has 2 fully saturated rings. The average Bonchev–Trinajstić information content (AvgIpc) is 2.53. The summed E-state index contributed by atoms with van der Waals surface area (Å²) < 4.78 is 25.2. The van der Waals surface area contributed by atoms with Gasteiger partial charge in [-0.1, -0.05) is 30.3 Å². The van der Waals surface area contributed by atoms with E-state index in [4.69, 9.17) is 0 Å². The lowest BCUT2D eigenvalue weighted by Gasteiger charge is -2.40. The van der Waals surface area contributed by atoms with Crippen LogP contribution in [0.3, 0.4) is 0 Å². The summed E-state index contributed by atoms with van der Waals surface area (Å²) in [5.74, 6) is -1.26. The van der Waals surface area contributed by atoms with Crippen molar-refractivity contribution in [1.29, 1.82) is 0 Å². The van der Waals surface area contributed by atoms with Crippen molar-refractivity contribution in [2.75, 3.05) is 0 Å². The predicted octanol–water partition coefficient (Wildman–Crippen LogP) is 1.08. The van der Waals surface area contributed by atoms with Crippen LogP contribution in [0.25, 0.3) is 0 Å². The number of amides is 3. The lowest BCUT2D eigenvalue weighted by Crippen LogP contribution is -2.61. The largest absolute Gasteiger partial charge is 0.348 e. The number of fused-ring (bicyclic) bond motifs is 1. The Bertz CT molecular complexity index is 719. The highest BCUT2D eigenvalue weighted by atomic mass is 32.2. The fourth-order valence-corrected chi connectivity index (χ4v) is 5.20. The topological polar surface area (TPSA) is 104 Å². The normalized spacial score (nSPS) is 28.2. The number of hydrogen-bond donors (Lipinski definition) is 2. The lowest BCUT2D eigenvalue weighted by molar-refractivity contribution is -0.163. The smallest absolute Gasteiger partial charge is 0.332 e. The number of rotatable bonds is 3. The second-order valence-corrected chi connectivity index (χ2v) is 8.32. The monoisotopic (exact) mass is 338 g/mol. The molecule has 3 rings (SSSR count). The van der Waals surface area contributed by atoms with E-state index in [1.54, 1.807) is 24.3 Å². The number of sulfone groups is 1. The third-order valence-corrected chi connectivity index (χ3v) is 6.73. The number of nitrogens with one attached hydrogen (secondary N) is 1. The van der Waals surface area contributed by atoms with Crippen molar-refractivity contribution >= 4 is 21.8 Å². The summed E-state index contributed by atoms with van der Waals surface area (Å²) in [5.41, 5.74) is 0.722. The molecule has 1 saturated heterocycles. The second-order valence-electron chi connectivity index (χ2n) is 6.04. The Hall–Kier alpha value is -1.93. The minimum absolute atomic E-state index is 0.0517. The molecule has 1 heterocycles. The number of hydroxylamine groups is 2. The fraction of sp³-hybridized carbons (Fsp3) is 0.467. The Morgan fingerprint density at radius 3 is 2.57 bits per heavy atom. The molecule has 124 valence electrons. The van der Waals surface area contributed by atoms with Gasteiger partial charge in [0.1, 0.15) is 0 Å². The summed E-state index contributed by atoms with van der Waals surface area (Å²) in [4.78, 5) is 23.4. The molecule has 0 bridgehead atoms. The third-order valence-electron chi connectivity index (χ3n) is 4.55. The van der Waals surface area contributed by atoms with Gasteiger partial charge < -0.3 is 5.32 Å². The van der Waals surface area contributed by atoms with Crippen LogP contribution in [0.4, 0.5) is 4.79 Å². The van der Waals surface area contributed by atoms with Crippen LogP contribution in [-0.4, -0.2) is 41.9 Å². The Balaban J connectivity index is 1.74. The first-order valence-corrected chi connectivity index (χ1v) is 9.19. The second kappa shape index (κ2) is 5.93. The van der Waals surface area contributed by atoms with Crippen LogP contribution in [0, 0.1) is 5.92 Å². The molecule has 0 spiro atoms. The minimum atomic E-state index is -3.37. The zero-order valence-electron chi connectivity index (χ0n) is 12.4. The molecule has 0 aromatic heterocycles. The molecule has 0 radical (unpaired) electrons. The van der Waals surface area contributed by atoms with E-state index < -0.39 is 39.0 Å². The fourth-order valence-electron chi connectivity index (χ4n) is 3.31. The number of urea groups is 1. The van der Waals surface area contributed by atoms with Crippen LogP contribution < -0.4 is 5.32 Å². The van der Waals surface area contributed by atoms with Crippen LogP contribution in [-0.2, 0) is 20.4 Å². The molecule has 1 aliphatic heterocycles. The SMILES string of the molecule is O=C1NC2CC(S(=O)(=O)Cc3ccccc3)CCC2C(=O)N1O. The highest BCUT2D eigenvalue weighted by Gasteiger charge is 2.46. The first kappa shape index (κ1) is 15.9. The van der Waals surface area contributed by atoms with Crippen LogP contribution >= 0.6 is 0 Å². The predicted molar refractivity (Wildman–Crippen MR) is 81.1 cm³/mol. The molecule has 8 heteroatoms. The van der Waals surface area contributed by atoms with Crippen molar-refractivity contribution in [3.05, 3.63) is 35.9 Å². The molecular weight excluding hydrogens is 320 g/mol. The van der Waals surface area contributed by atoms with Crippen LogP contribution in [0.15, 0.2) is 30.3 Å². The summed E-state index contributed by atoms with van der Waals surface area (Å²) in [6.45, 7) is 0. The number of carbonyl (C=O) groups is 2. The standard InChI is InChI=1S/C15H18N2O5S/c18-14-12-7-6-11(8-13(12)16-15(19)17(14)20)23(21,22)9-10-4-2-1-3-5-10/h1-5,11-13,20H,6-9H2,(H,16,19). The van der Waals surface area contributed by atoms with Gasteiger partial charge in [-0.15, -0.1) is 5.06 Å². The molecular formula is C15H18N2O5S. The maximum absolute atomic E-state index is 12.6. The highest BCUT2D eigenvalue weighted by molar-refractivity contribution is 7.91. The van der Waals surface area contributed by atoms with E-state index in [1.807, 2.05) is 6.07 Å². The Morgan fingerprint density at radius 1 is 1.17 bits per heavy atom. The molecule has 1 aromatic rings. The summed E-state index contributed by atoms with van der Waals surface area (Å²) in [6, 6.07) is 7.50. The van der Waals surface area contributed by atoms with E-state index in [0.29, 0.717) is 12.8 Å². The summed E-state index contributed by atoms with van der Waals surface area (Å²) in [6.07, 6.45) is 0.885. The number of nitrogens with zero attached hydrogens (tertiary/aromatic N) is 1. The maximum Gasteiger partial charge on any atom is 0.348 e. The molecule has 1 saturated carbocycles. The van der Waals surface area contributed by atoms with Crippen molar-refractivity contribution in [2.45, 2.75) is 36.3 Å². The average molecular weight is 338 g/mol. The molecule has 1 aromatic carbocycles. The maximum atomic E-state index is 12.6. The molecule has 3 amide bonds. The van der Waals surface area contributed by atoms with Gasteiger partial charge >= 0.3 is 6.03 Å². The molecule has 2 aliphatic rings. The number of imide groups is 1. The van der Waals surface area contributed by atoms with E-state index >= 15 is 0 Å².